The molecule has 9 nitrogen and oxygen atoms in total. The lowest BCUT2D eigenvalue weighted by molar-refractivity contribution is -0.384. The van der Waals surface area contributed by atoms with Gasteiger partial charge in [-0.25, -0.2) is 14.4 Å². The molecule has 2 amide bonds. The number of hydrogen-bond donors (Lipinski definition) is 0. The molecule has 0 saturated carbocycles. The maximum absolute atomic E-state index is 15.1. The van der Waals surface area contributed by atoms with Crippen LogP contribution in [-0.4, -0.2) is 30.0 Å². The number of carbonyl (C=O) groups excluding carboxylic acids is 2. The van der Waals surface area contributed by atoms with Gasteiger partial charge in [-0.1, -0.05) is 29.8 Å². The molecule has 3 atom stereocenters. The Bertz CT molecular complexity index is 1350. The zero-order valence-corrected chi connectivity index (χ0v) is 18.9. The molecule has 2 fully saturated rings. The van der Waals surface area contributed by atoms with E-state index in [2.05, 4.69) is 0 Å². The number of carbonyl (C=O) groups is 2. The van der Waals surface area contributed by atoms with Crippen LogP contribution < -0.4 is 14.7 Å². The molecule has 2 aliphatic heterocycles. The van der Waals surface area contributed by atoms with Crippen molar-refractivity contribution in [1.29, 1.82) is 0 Å². The standard InChI is InChI=1S/C24H17ClFN3O6/c1-34-16-8-3-5-13(12-16)27-23(30)20-21(19-17(25)9-4-10-18(19)26)28(35-22(20)24(27)31)14-6-2-7-15(11-14)29(32)33/h2-12,20-22H,1H3/t20-,21-,22-/m1/s1. The van der Waals surface area contributed by atoms with Crippen LogP contribution in [0.5, 0.6) is 5.75 Å². The van der Waals surface area contributed by atoms with E-state index in [4.69, 9.17) is 21.2 Å². The van der Waals surface area contributed by atoms with Crippen molar-refractivity contribution in [2.75, 3.05) is 17.1 Å². The normalized spacial score (nSPS) is 21.4. The highest BCUT2D eigenvalue weighted by atomic mass is 35.5. The first-order valence-electron chi connectivity index (χ1n) is 10.5. The second-order valence-electron chi connectivity index (χ2n) is 7.95. The van der Waals surface area contributed by atoms with Crippen molar-refractivity contribution in [3.8, 4) is 5.75 Å². The number of fused-ring (bicyclic) bond motifs is 1. The molecule has 2 heterocycles. The minimum Gasteiger partial charge on any atom is -0.497 e. The van der Waals surface area contributed by atoms with Crippen molar-refractivity contribution in [3.05, 3.63) is 93.2 Å². The predicted molar refractivity (Wildman–Crippen MR) is 124 cm³/mol. The molecule has 35 heavy (non-hydrogen) atoms. The van der Waals surface area contributed by atoms with Crippen LogP contribution in [0.2, 0.25) is 5.02 Å². The molecule has 178 valence electrons. The number of nitrogens with zero attached hydrogens (tertiary/aromatic N) is 3. The molecule has 5 rings (SSSR count). The largest absolute Gasteiger partial charge is 0.497 e. The minimum atomic E-state index is -1.30. The summed E-state index contributed by atoms with van der Waals surface area (Å²) in [6.07, 6.45) is -1.30. The molecule has 2 saturated heterocycles. The summed E-state index contributed by atoms with van der Waals surface area (Å²) >= 11 is 6.35. The van der Waals surface area contributed by atoms with Crippen LogP contribution in [-0.2, 0) is 14.4 Å². The summed E-state index contributed by atoms with van der Waals surface area (Å²) in [5.41, 5.74) is 0.156. The van der Waals surface area contributed by atoms with Crippen LogP contribution >= 0.6 is 11.6 Å². The van der Waals surface area contributed by atoms with Gasteiger partial charge in [0.05, 0.1) is 23.4 Å². The van der Waals surface area contributed by atoms with Crippen molar-refractivity contribution >= 4 is 40.5 Å². The van der Waals surface area contributed by atoms with E-state index in [0.717, 1.165) is 9.96 Å². The number of anilines is 2. The van der Waals surface area contributed by atoms with Crippen molar-refractivity contribution in [1.82, 2.24) is 0 Å². The molecule has 3 aromatic rings. The Morgan fingerprint density at radius 3 is 2.46 bits per heavy atom. The minimum absolute atomic E-state index is 0.0229. The van der Waals surface area contributed by atoms with E-state index >= 15 is 4.39 Å². The third kappa shape index (κ3) is 3.67. The van der Waals surface area contributed by atoms with Crippen LogP contribution in [0.4, 0.5) is 21.5 Å². The molecule has 0 bridgehead atoms. The van der Waals surface area contributed by atoms with Crippen LogP contribution in [0.15, 0.2) is 66.7 Å². The molecule has 0 radical (unpaired) electrons. The van der Waals surface area contributed by atoms with Gasteiger partial charge in [0, 0.05) is 28.8 Å². The molecule has 0 unspecified atom stereocenters. The summed E-state index contributed by atoms with van der Waals surface area (Å²) in [4.78, 5) is 44.6. The Kier molecular flexibility index (Phi) is 5.62. The summed E-state index contributed by atoms with van der Waals surface area (Å²) in [7, 11) is 1.46. The number of nitro groups is 1. The SMILES string of the molecule is COc1cccc(N2C(=O)[C@@H]3[C@@H](c4c(F)cccc4Cl)N(c4cccc([N+](=O)[O-])c4)O[C@H]3C2=O)c1. The van der Waals surface area contributed by atoms with E-state index in [1.807, 2.05) is 0 Å². The predicted octanol–water partition coefficient (Wildman–Crippen LogP) is 4.45. The zero-order valence-electron chi connectivity index (χ0n) is 18.1. The van der Waals surface area contributed by atoms with Gasteiger partial charge in [0.25, 0.3) is 11.6 Å². The molecule has 11 heteroatoms. The van der Waals surface area contributed by atoms with Crippen molar-refractivity contribution in [2.24, 2.45) is 5.92 Å². The smallest absolute Gasteiger partial charge is 0.271 e. The van der Waals surface area contributed by atoms with Gasteiger partial charge in [-0.3, -0.25) is 24.5 Å². The molecule has 3 aromatic carbocycles. The fourth-order valence-electron chi connectivity index (χ4n) is 4.47. The topological polar surface area (TPSA) is 102 Å². The number of hydrogen-bond acceptors (Lipinski definition) is 7. The number of amides is 2. The average Bonchev–Trinajstić information content (AvgIpc) is 3.35. The summed E-state index contributed by atoms with van der Waals surface area (Å²) in [5, 5.41) is 12.5. The van der Waals surface area contributed by atoms with Gasteiger partial charge in [-0.2, -0.15) is 0 Å². The first kappa shape index (κ1) is 22.8. The second kappa shape index (κ2) is 8.64. The number of imide groups is 1. The van der Waals surface area contributed by atoms with Crippen LogP contribution in [0, 0.1) is 21.8 Å². The lowest BCUT2D eigenvalue weighted by Crippen LogP contribution is -2.37. The molecule has 2 aliphatic rings. The van der Waals surface area contributed by atoms with Crippen LogP contribution in [0.1, 0.15) is 11.6 Å². The van der Waals surface area contributed by atoms with E-state index in [-0.39, 0.29) is 27.6 Å². The van der Waals surface area contributed by atoms with Gasteiger partial charge in [0.15, 0.2) is 6.10 Å². The quantitative estimate of drug-likeness (QED) is 0.291. The van der Waals surface area contributed by atoms with E-state index in [1.165, 1.54) is 55.6 Å². The monoisotopic (exact) mass is 497 g/mol. The first-order valence-corrected chi connectivity index (χ1v) is 10.9. The Balaban J connectivity index is 1.63. The fourth-order valence-corrected chi connectivity index (χ4v) is 4.75. The zero-order chi connectivity index (χ0) is 24.9. The number of methoxy groups -OCH3 is 1. The molecule has 0 aromatic heterocycles. The maximum Gasteiger partial charge on any atom is 0.271 e. The number of rotatable bonds is 5. The Morgan fingerprint density at radius 1 is 1.03 bits per heavy atom. The van der Waals surface area contributed by atoms with E-state index in [1.54, 1.807) is 18.2 Å². The van der Waals surface area contributed by atoms with Gasteiger partial charge in [-0.05, 0) is 30.3 Å². The number of nitro benzene ring substituents is 1. The summed E-state index contributed by atoms with van der Waals surface area (Å²) < 4.78 is 20.3. The number of non-ortho nitro benzene ring substituents is 1. The number of hydroxylamine groups is 1. The van der Waals surface area contributed by atoms with E-state index in [0.29, 0.717) is 5.75 Å². The van der Waals surface area contributed by atoms with Gasteiger partial charge in [-0.15, -0.1) is 0 Å². The number of ether oxygens (including phenoxy) is 1. The lowest BCUT2D eigenvalue weighted by Gasteiger charge is -2.29. The fraction of sp³-hybridized carbons (Fsp3) is 0.167. The summed E-state index contributed by atoms with van der Waals surface area (Å²) in [6, 6.07) is 14.7. The average molecular weight is 498 g/mol. The van der Waals surface area contributed by atoms with Crippen LogP contribution in [0.3, 0.4) is 0 Å². The number of benzene rings is 3. The summed E-state index contributed by atoms with van der Waals surface area (Å²) in [6.45, 7) is 0. The van der Waals surface area contributed by atoms with Crippen molar-refractivity contribution in [2.45, 2.75) is 12.1 Å². The highest BCUT2D eigenvalue weighted by molar-refractivity contribution is 6.31. The third-order valence-electron chi connectivity index (χ3n) is 6.02. The molecule has 0 aliphatic carbocycles. The summed E-state index contributed by atoms with van der Waals surface area (Å²) in [5.74, 6) is -2.71. The van der Waals surface area contributed by atoms with Gasteiger partial charge in [0.1, 0.15) is 23.5 Å². The van der Waals surface area contributed by atoms with Crippen LogP contribution in [0.25, 0.3) is 0 Å². The van der Waals surface area contributed by atoms with E-state index < -0.39 is 40.6 Å². The third-order valence-corrected chi connectivity index (χ3v) is 6.35. The first-order chi connectivity index (χ1) is 16.8. The molecular weight excluding hydrogens is 481 g/mol. The number of halogens is 2. The van der Waals surface area contributed by atoms with Gasteiger partial charge >= 0.3 is 0 Å². The van der Waals surface area contributed by atoms with Gasteiger partial charge in [0.2, 0.25) is 5.91 Å². The van der Waals surface area contributed by atoms with E-state index in [9.17, 15) is 19.7 Å². The van der Waals surface area contributed by atoms with Gasteiger partial charge < -0.3 is 4.74 Å². The Hall–Kier alpha value is -4.02. The molecule has 0 N–H and O–H groups in total. The Labute approximate surface area is 203 Å². The highest BCUT2D eigenvalue weighted by Crippen LogP contribution is 2.50. The molecular formula is C24H17ClFN3O6. The second-order valence-corrected chi connectivity index (χ2v) is 8.36. The highest BCUT2D eigenvalue weighted by Gasteiger charge is 2.61. The molecule has 0 spiro atoms. The van der Waals surface area contributed by atoms with Crippen molar-refractivity contribution < 1.29 is 28.5 Å². The Morgan fingerprint density at radius 2 is 1.74 bits per heavy atom. The maximum atomic E-state index is 15.1. The lowest BCUT2D eigenvalue weighted by atomic mass is 9.90. The van der Waals surface area contributed by atoms with Crippen molar-refractivity contribution in [3.63, 3.8) is 0 Å².